The molecule has 1 N–H and O–H groups in total. The molecule has 0 aliphatic heterocycles. The summed E-state index contributed by atoms with van der Waals surface area (Å²) in [5.74, 6) is -1.91. The van der Waals surface area contributed by atoms with Crippen LogP contribution in [0.2, 0.25) is 0 Å². The molecule has 0 spiro atoms. The molecule has 0 aromatic heterocycles. The zero-order chi connectivity index (χ0) is 26.9. The Morgan fingerprint density at radius 2 is 0.895 bits per heavy atom. The van der Waals surface area contributed by atoms with E-state index in [0.29, 0.717) is 12.8 Å². The summed E-state index contributed by atoms with van der Waals surface area (Å²) in [6.45, 7) is 4.67. The summed E-state index contributed by atoms with van der Waals surface area (Å²) in [5, 5.41) is -1.93. The van der Waals surface area contributed by atoms with Crippen molar-refractivity contribution >= 4 is 81.2 Å². The van der Waals surface area contributed by atoms with Gasteiger partial charge in [0.05, 0.1) is 19.6 Å². The minimum atomic E-state index is -4.75. The van der Waals surface area contributed by atoms with Crippen LogP contribution >= 0.6 is 0 Å². The van der Waals surface area contributed by atoms with Crippen LogP contribution in [0.4, 0.5) is 0 Å². The number of carbonyl (C=O) groups excluding carboxylic acids is 2. The number of carbonyl (C=O) groups is 2. The van der Waals surface area contributed by atoms with Crippen molar-refractivity contribution in [3.05, 3.63) is 0 Å². The molecule has 0 aromatic rings. The number of ether oxygens (including phenoxy) is 2. The van der Waals surface area contributed by atoms with E-state index in [4.69, 9.17) is 9.47 Å². The Morgan fingerprint density at radius 3 is 1.24 bits per heavy atom. The molecule has 10 heteroatoms. The van der Waals surface area contributed by atoms with Gasteiger partial charge in [-0.25, -0.2) is 0 Å². The van der Waals surface area contributed by atoms with Crippen molar-refractivity contribution in [1.29, 1.82) is 0 Å². The van der Waals surface area contributed by atoms with E-state index in [1.165, 1.54) is 77.0 Å². The van der Waals surface area contributed by atoms with Crippen LogP contribution in [0.15, 0.2) is 0 Å². The summed E-state index contributed by atoms with van der Waals surface area (Å²) < 4.78 is 42.7. The Balaban J connectivity index is -0.00000612. The average Bonchev–Trinajstić information content (AvgIpc) is 2.83. The third-order valence-corrected chi connectivity index (χ3v) is 7.56. The monoisotopic (exact) mass is 582 g/mol. The fourth-order valence-electron chi connectivity index (χ4n) is 4.15. The fraction of sp³-hybridized carbons (Fsp3) is 0.929. The fourth-order valence-corrected chi connectivity index (χ4v) is 4.81. The van der Waals surface area contributed by atoms with E-state index >= 15 is 0 Å². The minimum absolute atomic E-state index is 0. The van der Waals surface area contributed by atoms with Crippen molar-refractivity contribution in [2.24, 2.45) is 0 Å². The summed E-state index contributed by atoms with van der Waals surface area (Å²) in [4.78, 5) is 24.2. The summed E-state index contributed by atoms with van der Waals surface area (Å²) in [5.41, 5.74) is 0. The number of hydrogen-bond acceptors (Lipinski definition) is 6. The SMILES string of the molecule is CCCCCCCCCCCCOC(=O)CC(C(=O)OCCCCCCCCCCCC)S(=O)(=O)O.[NaH].[NaH]. The molecule has 1 unspecified atom stereocenters. The predicted molar refractivity (Wildman–Crippen MR) is 160 cm³/mol. The van der Waals surface area contributed by atoms with Gasteiger partial charge in [-0.15, -0.1) is 0 Å². The quantitative estimate of drug-likeness (QED) is 0.0555. The number of unbranched alkanes of at least 4 members (excludes halogenated alkanes) is 18. The van der Waals surface area contributed by atoms with Crippen molar-refractivity contribution < 1.29 is 32.0 Å². The molecule has 0 saturated heterocycles. The predicted octanol–water partition coefficient (Wildman–Crippen LogP) is 6.26. The van der Waals surface area contributed by atoms with Crippen LogP contribution in [0, 0.1) is 0 Å². The van der Waals surface area contributed by atoms with Gasteiger partial charge in [-0.1, -0.05) is 129 Å². The van der Waals surface area contributed by atoms with E-state index in [2.05, 4.69) is 13.8 Å². The maximum absolute atomic E-state index is 12.2. The Hall–Kier alpha value is 0.850. The summed E-state index contributed by atoms with van der Waals surface area (Å²) in [6.07, 6.45) is 22.1. The Bertz CT molecular complexity index is 645. The Labute approximate surface area is 278 Å². The molecule has 0 amide bonds. The summed E-state index contributed by atoms with van der Waals surface area (Å²) in [6, 6.07) is 0. The van der Waals surface area contributed by atoms with Crippen LogP contribution in [-0.4, -0.2) is 102 Å². The second-order valence-corrected chi connectivity index (χ2v) is 11.6. The zero-order valence-corrected chi connectivity index (χ0v) is 24.0. The summed E-state index contributed by atoms with van der Waals surface area (Å²) >= 11 is 0. The van der Waals surface area contributed by atoms with Gasteiger partial charge in [0.25, 0.3) is 10.1 Å². The number of hydrogen-bond donors (Lipinski definition) is 1. The van der Waals surface area contributed by atoms with Gasteiger partial charge < -0.3 is 9.47 Å². The first-order valence-corrected chi connectivity index (χ1v) is 16.1. The molecule has 218 valence electrons. The van der Waals surface area contributed by atoms with Crippen molar-refractivity contribution in [3.63, 3.8) is 0 Å². The molecular formula is C28H56Na2O7S. The standard InChI is InChI=1S/C28H54O7S.2Na.2H/c1-3-5-7-9-11-13-15-17-19-21-23-34-27(29)25-26(36(31,32)33)28(30)35-24-22-20-18-16-14-12-10-8-6-4-2;;;;/h26H,3-25H2,1-2H3,(H,31,32,33);;;;. The molecule has 0 radical (unpaired) electrons. The first-order chi connectivity index (χ1) is 17.3. The van der Waals surface area contributed by atoms with Crippen LogP contribution in [0.5, 0.6) is 0 Å². The van der Waals surface area contributed by atoms with Crippen molar-refractivity contribution in [3.8, 4) is 0 Å². The van der Waals surface area contributed by atoms with Gasteiger partial charge in [-0.05, 0) is 12.8 Å². The average molecular weight is 583 g/mol. The second-order valence-electron chi connectivity index (χ2n) is 9.96. The summed E-state index contributed by atoms with van der Waals surface area (Å²) in [7, 11) is -4.75. The van der Waals surface area contributed by atoms with Crippen molar-refractivity contribution in [2.45, 2.75) is 154 Å². The molecule has 7 nitrogen and oxygen atoms in total. The second kappa shape index (κ2) is 30.8. The normalized spacial score (nSPS) is 11.8. The van der Waals surface area contributed by atoms with E-state index in [0.717, 1.165) is 38.5 Å². The van der Waals surface area contributed by atoms with Gasteiger partial charge in [-0.2, -0.15) is 8.42 Å². The van der Waals surface area contributed by atoms with Crippen molar-refractivity contribution in [1.82, 2.24) is 0 Å². The Morgan fingerprint density at radius 1 is 0.579 bits per heavy atom. The van der Waals surface area contributed by atoms with Crippen LogP contribution in [0.1, 0.15) is 149 Å². The third-order valence-electron chi connectivity index (χ3n) is 6.48. The molecule has 1 atom stereocenters. The first kappa shape index (κ1) is 43.3. The molecule has 0 aliphatic carbocycles. The molecular weight excluding hydrogens is 526 g/mol. The van der Waals surface area contributed by atoms with Gasteiger partial charge in [0, 0.05) is 0 Å². The van der Waals surface area contributed by atoms with E-state index in [1.54, 1.807) is 0 Å². The van der Waals surface area contributed by atoms with Gasteiger partial charge >= 0.3 is 71.1 Å². The van der Waals surface area contributed by atoms with E-state index in [-0.39, 0.29) is 72.3 Å². The molecule has 38 heavy (non-hydrogen) atoms. The first-order valence-electron chi connectivity index (χ1n) is 14.6. The number of esters is 2. The molecule has 0 fully saturated rings. The molecule has 0 aliphatic rings. The molecule has 0 saturated carbocycles. The molecule has 0 heterocycles. The van der Waals surface area contributed by atoms with Crippen LogP contribution < -0.4 is 0 Å². The van der Waals surface area contributed by atoms with E-state index < -0.39 is 33.7 Å². The molecule has 0 aromatic carbocycles. The van der Waals surface area contributed by atoms with Crippen LogP contribution in [0.25, 0.3) is 0 Å². The zero-order valence-electron chi connectivity index (χ0n) is 23.1. The van der Waals surface area contributed by atoms with Gasteiger partial charge in [0.15, 0.2) is 5.25 Å². The van der Waals surface area contributed by atoms with E-state index in [9.17, 15) is 22.6 Å². The van der Waals surface area contributed by atoms with Gasteiger partial charge in [-0.3, -0.25) is 14.1 Å². The van der Waals surface area contributed by atoms with Crippen LogP contribution in [0.3, 0.4) is 0 Å². The van der Waals surface area contributed by atoms with Crippen LogP contribution in [-0.2, 0) is 29.2 Å². The topological polar surface area (TPSA) is 107 Å². The molecule has 0 bridgehead atoms. The van der Waals surface area contributed by atoms with Gasteiger partial charge in [0.1, 0.15) is 0 Å². The Kier molecular flexibility index (Phi) is 35.1. The van der Waals surface area contributed by atoms with Crippen molar-refractivity contribution in [2.75, 3.05) is 13.2 Å². The maximum atomic E-state index is 12.2. The molecule has 0 rings (SSSR count). The van der Waals surface area contributed by atoms with Gasteiger partial charge in [0.2, 0.25) is 0 Å². The van der Waals surface area contributed by atoms with E-state index in [1.807, 2.05) is 0 Å². The third kappa shape index (κ3) is 28.4. The number of rotatable bonds is 26.